The fraction of sp³-hybridized carbons (Fsp3) is 0.909. The number of hydrogen-bond acceptors (Lipinski definition) is 1. The highest BCUT2D eigenvalue weighted by molar-refractivity contribution is 7.80. The van der Waals surface area contributed by atoms with Gasteiger partial charge in [-0.15, -0.1) is 33.2 Å². The van der Waals surface area contributed by atoms with E-state index in [1.54, 1.807) is 0 Å². The summed E-state index contributed by atoms with van der Waals surface area (Å²) in [5.74, 6) is 0. The Kier molecular flexibility index (Phi) is 16.0. The van der Waals surface area contributed by atoms with E-state index in [1.165, 1.54) is 25.7 Å². The van der Waals surface area contributed by atoms with Crippen molar-refractivity contribution in [2.45, 2.75) is 64.8 Å². The van der Waals surface area contributed by atoms with Gasteiger partial charge >= 0.3 is 6.00 Å². The fourth-order valence-electron chi connectivity index (χ4n) is 1.16. The molecular weight excluding hydrogens is 315 g/mol. The van der Waals surface area contributed by atoms with Crippen molar-refractivity contribution < 1.29 is 5.11 Å². The molecule has 0 aromatic rings. The summed E-state index contributed by atoms with van der Waals surface area (Å²) >= 11 is 21.0. The summed E-state index contributed by atoms with van der Waals surface area (Å²) < 4.78 is 0. The van der Waals surface area contributed by atoms with Crippen LogP contribution in [0.5, 0.6) is 0 Å². The van der Waals surface area contributed by atoms with Crippen molar-refractivity contribution in [1.82, 2.24) is 0 Å². The van der Waals surface area contributed by atoms with E-state index in [-0.39, 0.29) is 5.05 Å². The first kappa shape index (κ1) is 20.3. The van der Waals surface area contributed by atoms with E-state index < -0.39 is 6.00 Å². The zero-order chi connectivity index (χ0) is 13.7. The van der Waals surface area contributed by atoms with Gasteiger partial charge in [0.15, 0.2) is 5.05 Å². The minimum Gasteiger partial charge on any atom is -0.502 e. The van der Waals surface area contributed by atoms with E-state index in [0.29, 0.717) is 6.42 Å². The third kappa shape index (κ3) is 26.5. The first-order valence-electron chi connectivity index (χ1n) is 6.12. The zero-order valence-corrected chi connectivity index (χ0v) is 14.7. The molecule has 0 amide bonds. The van der Waals surface area contributed by atoms with Crippen LogP contribution in [0.1, 0.15) is 58.8 Å². The third-order valence-electron chi connectivity index (χ3n) is 2.03. The highest BCUT2D eigenvalue weighted by atomic mass is 35.8. The molecule has 0 atom stereocenters. The van der Waals surface area contributed by atoms with E-state index in [0.717, 1.165) is 18.9 Å². The van der Waals surface area contributed by atoms with Crippen molar-refractivity contribution >= 4 is 56.5 Å². The lowest BCUT2D eigenvalue weighted by Gasteiger charge is -2.01. The Labute approximate surface area is 126 Å². The van der Waals surface area contributed by atoms with E-state index in [4.69, 9.17) is 38.3 Å². The number of rotatable bonds is 8. The van der Waals surface area contributed by atoms with Gasteiger partial charge in [-0.25, -0.2) is 0 Å². The van der Waals surface area contributed by atoms with Gasteiger partial charge in [-0.1, -0.05) is 46.0 Å². The SMILES string of the molecule is CCCCCCCC(O)=S.CCC[Si](Cl)(Cl)Cl. The maximum atomic E-state index is 8.64. The highest BCUT2D eigenvalue weighted by Crippen LogP contribution is 2.25. The third-order valence-corrected chi connectivity index (χ3v) is 5.00. The van der Waals surface area contributed by atoms with Crippen LogP contribution < -0.4 is 0 Å². The van der Waals surface area contributed by atoms with Crippen LogP contribution in [0.3, 0.4) is 0 Å². The first-order valence-corrected chi connectivity index (χ1v) is 11.8. The van der Waals surface area contributed by atoms with Gasteiger partial charge in [-0.3, -0.25) is 0 Å². The van der Waals surface area contributed by atoms with Gasteiger partial charge in [-0.05, 0) is 24.7 Å². The van der Waals surface area contributed by atoms with Crippen LogP contribution in [0.4, 0.5) is 0 Å². The summed E-state index contributed by atoms with van der Waals surface area (Å²) in [6.07, 6.45) is 7.78. The second kappa shape index (κ2) is 13.4. The lowest BCUT2D eigenvalue weighted by atomic mass is 10.1. The molecule has 0 radical (unpaired) electrons. The highest BCUT2D eigenvalue weighted by Gasteiger charge is 2.22. The van der Waals surface area contributed by atoms with Crippen LogP contribution in [-0.2, 0) is 0 Å². The van der Waals surface area contributed by atoms with Crippen molar-refractivity contribution in [3.8, 4) is 0 Å². The molecule has 0 spiro atoms. The van der Waals surface area contributed by atoms with Crippen molar-refractivity contribution in [1.29, 1.82) is 0 Å². The molecular formula is C11H23Cl3OSSi. The summed E-state index contributed by atoms with van der Waals surface area (Å²) in [5.41, 5.74) is 0. The Morgan fingerprint density at radius 3 is 1.82 bits per heavy atom. The lowest BCUT2D eigenvalue weighted by molar-refractivity contribution is 0.534. The minimum atomic E-state index is -2.24. The number of thiocarbonyl (C=S) groups is 1. The number of aliphatic hydroxyl groups excluding tert-OH is 1. The predicted octanol–water partition coefficient (Wildman–Crippen LogP) is 6.28. The van der Waals surface area contributed by atoms with Crippen LogP contribution in [0, 0.1) is 0 Å². The number of aliphatic hydroxyl groups is 1. The maximum absolute atomic E-state index is 8.64. The minimum absolute atomic E-state index is 0.163. The number of halogens is 3. The van der Waals surface area contributed by atoms with E-state index in [9.17, 15) is 0 Å². The van der Waals surface area contributed by atoms with E-state index in [2.05, 4.69) is 19.1 Å². The fourth-order valence-corrected chi connectivity index (χ4v) is 3.58. The quantitative estimate of drug-likeness (QED) is 0.243. The Bertz CT molecular complexity index is 186. The van der Waals surface area contributed by atoms with Crippen LogP contribution in [0.15, 0.2) is 0 Å². The first-order chi connectivity index (χ1) is 7.83. The zero-order valence-electron chi connectivity index (χ0n) is 10.6. The summed E-state index contributed by atoms with van der Waals surface area (Å²) in [6.45, 7) is 4.20. The van der Waals surface area contributed by atoms with Crippen molar-refractivity contribution in [3.63, 3.8) is 0 Å². The molecule has 0 aromatic heterocycles. The molecule has 0 saturated heterocycles. The van der Waals surface area contributed by atoms with Crippen LogP contribution in [0.2, 0.25) is 6.04 Å². The van der Waals surface area contributed by atoms with Crippen LogP contribution in [-0.4, -0.2) is 16.2 Å². The maximum Gasteiger partial charge on any atom is 0.341 e. The average molecular weight is 338 g/mol. The van der Waals surface area contributed by atoms with Crippen molar-refractivity contribution in [2.75, 3.05) is 0 Å². The molecule has 0 aliphatic rings. The monoisotopic (exact) mass is 336 g/mol. The van der Waals surface area contributed by atoms with Gasteiger partial charge in [0, 0.05) is 6.42 Å². The number of unbranched alkanes of at least 4 members (excludes halogenated alkanes) is 4. The smallest absolute Gasteiger partial charge is 0.341 e. The predicted molar refractivity (Wildman–Crippen MR) is 87.0 cm³/mol. The van der Waals surface area contributed by atoms with Crippen molar-refractivity contribution in [2.24, 2.45) is 0 Å². The van der Waals surface area contributed by atoms with Gasteiger partial charge in [0.05, 0.1) is 0 Å². The normalized spacial score (nSPS) is 10.6. The standard InChI is InChI=1S/C8H16OS.C3H7Cl3Si/c1-2-3-4-5-6-7-8(9)10;1-2-3-7(4,5)6/h2-7H2,1H3,(H,9,10);2-3H2,1H3. The largest absolute Gasteiger partial charge is 0.502 e. The van der Waals surface area contributed by atoms with Gasteiger partial charge < -0.3 is 5.11 Å². The van der Waals surface area contributed by atoms with Gasteiger partial charge in [-0.2, -0.15) is 0 Å². The van der Waals surface area contributed by atoms with Gasteiger partial charge in [0.2, 0.25) is 0 Å². The molecule has 6 heteroatoms. The molecule has 17 heavy (non-hydrogen) atoms. The Hall–Kier alpha value is 0.977. The second-order valence-corrected chi connectivity index (χ2v) is 13.7. The molecule has 1 nitrogen and oxygen atoms in total. The molecule has 0 aliphatic heterocycles. The van der Waals surface area contributed by atoms with Crippen molar-refractivity contribution in [3.05, 3.63) is 0 Å². The molecule has 0 aromatic carbocycles. The topological polar surface area (TPSA) is 20.2 Å². The molecule has 0 bridgehead atoms. The average Bonchev–Trinajstić information content (AvgIpc) is 2.16. The molecule has 0 heterocycles. The van der Waals surface area contributed by atoms with Gasteiger partial charge in [0.1, 0.15) is 0 Å². The van der Waals surface area contributed by atoms with E-state index in [1.807, 2.05) is 6.92 Å². The molecule has 0 fully saturated rings. The molecule has 104 valence electrons. The van der Waals surface area contributed by atoms with Crippen LogP contribution in [0.25, 0.3) is 0 Å². The summed E-state index contributed by atoms with van der Waals surface area (Å²) in [6, 6.07) is -1.47. The second-order valence-electron chi connectivity index (χ2n) is 3.92. The lowest BCUT2D eigenvalue weighted by Crippen LogP contribution is -2.06. The Morgan fingerprint density at radius 2 is 1.53 bits per heavy atom. The molecule has 0 unspecified atom stereocenters. The van der Waals surface area contributed by atoms with Crippen LogP contribution >= 0.6 is 45.5 Å². The summed E-state index contributed by atoms with van der Waals surface area (Å²) in [5, 5.41) is 8.80. The Balaban J connectivity index is 0. The molecule has 0 saturated carbocycles. The van der Waals surface area contributed by atoms with E-state index >= 15 is 0 Å². The summed E-state index contributed by atoms with van der Waals surface area (Å²) in [7, 11) is 0. The number of hydrogen-bond donors (Lipinski definition) is 1. The Morgan fingerprint density at radius 1 is 1.00 bits per heavy atom. The summed E-state index contributed by atoms with van der Waals surface area (Å²) in [4.78, 5) is 0. The van der Waals surface area contributed by atoms with Gasteiger partial charge in [0.25, 0.3) is 0 Å². The molecule has 0 rings (SSSR count). The molecule has 1 N–H and O–H groups in total. The molecule has 0 aliphatic carbocycles.